The van der Waals surface area contributed by atoms with E-state index in [1.165, 1.54) is 6.92 Å². The standard InChI is InChI=1S/C26H31F15O4/c1-10-11(2)16-5-12(10)9-19(16,22(27,28)29)17(42)45-18(3,4)13-6-14(20(43,23(30,31)32)24(33,34)35)8-15(7-13)21(44,25(36,37)38)26(39,40)41/h10-16,43-44H,5-9H2,1-4H3. The van der Waals surface area contributed by atoms with Crippen molar-refractivity contribution >= 4 is 5.97 Å². The molecule has 0 aromatic carbocycles. The van der Waals surface area contributed by atoms with Gasteiger partial charge in [0, 0.05) is 11.8 Å². The van der Waals surface area contributed by atoms with Gasteiger partial charge in [0.1, 0.15) is 5.60 Å². The lowest BCUT2D eigenvalue weighted by molar-refractivity contribution is -0.406. The number of hydrogen-bond donors (Lipinski definition) is 2. The van der Waals surface area contributed by atoms with E-state index in [1.54, 1.807) is 6.92 Å². The lowest BCUT2D eigenvalue weighted by Crippen LogP contribution is -2.67. The molecule has 3 saturated carbocycles. The lowest BCUT2D eigenvalue weighted by atomic mass is 9.60. The van der Waals surface area contributed by atoms with Gasteiger partial charge in [0.15, 0.2) is 5.41 Å². The van der Waals surface area contributed by atoms with E-state index in [-0.39, 0.29) is 12.3 Å². The van der Waals surface area contributed by atoms with Gasteiger partial charge in [-0.1, -0.05) is 13.8 Å². The molecule has 264 valence electrons. The number of rotatable bonds is 5. The fraction of sp³-hybridized carbons (Fsp3) is 0.962. The third-order valence-electron chi connectivity index (χ3n) is 10.8. The first-order chi connectivity index (χ1) is 19.7. The molecule has 4 nitrogen and oxygen atoms in total. The summed E-state index contributed by atoms with van der Waals surface area (Å²) in [4.78, 5) is 13.3. The molecule has 0 spiro atoms. The Balaban J connectivity index is 2.14. The second-order valence-corrected chi connectivity index (χ2v) is 13.3. The van der Waals surface area contributed by atoms with E-state index in [2.05, 4.69) is 0 Å². The lowest BCUT2D eigenvalue weighted by Gasteiger charge is -2.51. The highest BCUT2D eigenvalue weighted by molar-refractivity contribution is 5.79. The Kier molecular flexibility index (Phi) is 8.96. The summed E-state index contributed by atoms with van der Waals surface area (Å²) in [5.74, 6) is -14.5. The smallest absolute Gasteiger partial charge is 0.426 e. The molecule has 0 aliphatic heterocycles. The highest BCUT2D eigenvalue weighted by Crippen LogP contribution is 2.67. The average Bonchev–Trinajstić information content (AvgIpc) is 3.36. The molecule has 7 unspecified atom stereocenters. The minimum atomic E-state index is -6.73. The van der Waals surface area contributed by atoms with E-state index in [4.69, 9.17) is 4.74 Å². The van der Waals surface area contributed by atoms with Crippen molar-refractivity contribution in [3.05, 3.63) is 0 Å². The number of fused-ring (bicyclic) bond motifs is 2. The van der Waals surface area contributed by atoms with Gasteiger partial charge in [0.25, 0.3) is 11.2 Å². The van der Waals surface area contributed by atoms with Crippen molar-refractivity contribution in [1.29, 1.82) is 0 Å². The van der Waals surface area contributed by atoms with Crippen molar-refractivity contribution < 1.29 is 85.6 Å². The highest BCUT2D eigenvalue weighted by atomic mass is 19.4. The molecule has 0 radical (unpaired) electrons. The van der Waals surface area contributed by atoms with Crippen LogP contribution in [0.15, 0.2) is 0 Å². The van der Waals surface area contributed by atoms with Crippen molar-refractivity contribution in [2.24, 2.45) is 46.8 Å². The van der Waals surface area contributed by atoms with Crippen LogP contribution in [0.5, 0.6) is 0 Å². The van der Waals surface area contributed by atoms with Crippen molar-refractivity contribution in [2.45, 2.75) is 107 Å². The summed E-state index contributed by atoms with van der Waals surface area (Å²) in [6.45, 7) is 4.31. The molecule has 7 atom stereocenters. The number of carbonyl (C=O) groups excluding carboxylic acids is 1. The number of carbonyl (C=O) groups is 1. The number of halogens is 15. The topological polar surface area (TPSA) is 66.8 Å². The second-order valence-electron chi connectivity index (χ2n) is 13.3. The Morgan fingerprint density at radius 2 is 0.978 bits per heavy atom. The predicted octanol–water partition coefficient (Wildman–Crippen LogP) is 7.91. The van der Waals surface area contributed by atoms with Gasteiger partial charge in [-0.2, -0.15) is 65.9 Å². The Labute approximate surface area is 246 Å². The van der Waals surface area contributed by atoms with Gasteiger partial charge in [-0.15, -0.1) is 0 Å². The van der Waals surface area contributed by atoms with Gasteiger partial charge < -0.3 is 14.9 Å². The van der Waals surface area contributed by atoms with E-state index in [9.17, 15) is 80.9 Å². The van der Waals surface area contributed by atoms with E-state index in [0.29, 0.717) is 13.8 Å². The molecule has 3 fully saturated rings. The summed E-state index contributed by atoms with van der Waals surface area (Å²) in [5, 5.41) is 19.9. The van der Waals surface area contributed by atoms with Crippen LogP contribution in [0.2, 0.25) is 0 Å². The number of esters is 1. The number of alkyl halides is 15. The van der Waals surface area contributed by atoms with E-state index >= 15 is 0 Å². The maximum absolute atomic E-state index is 14.5. The van der Waals surface area contributed by atoms with E-state index < -0.39 is 120 Å². The number of hydrogen-bond acceptors (Lipinski definition) is 4. The monoisotopic (exact) mass is 692 g/mol. The normalized spacial score (nSPS) is 34.3. The van der Waals surface area contributed by atoms with Crippen molar-refractivity contribution in [3.8, 4) is 0 Å². The van der Waals surface area contributed by atoms with Crippen LogP contribution < -0.4 is 0 Å². The molecule has 0 aromatic heterocycles. The van der Waals surface area contributed by atoms with E-state index in [1.807, 2.05) is 0 Å². The quantitative estimate of drug-likeness (QED) is 0.227. The van der Waals surface area contributed by atoms with Gasteiger partial charge in [-0.25, -0.2) is 0 Å². The van der Waals surface area contributed by atoms with Crippen molar-refractivity contribution in [3.63, 3.8) is 0 Å². The molecular formula is C26H31F15O4. The first-order valence-electron chi connectivity index (χ1n) is 13.7. The summed E-state index contributed by atoms with van der Waals surface area (Å²) >= 11 is 0. The molecule has 45 heavy (non-hydrogen) atoms. The van der Waals surface area contributed by atoms with Gasteiger partial charge in [0.2, 0.25) is 0 Å². The van der Waals surface area contributed by atoms with Crippen molar-refractivity contribution in [1.82, 2.24) is 0 Å². The number of aliphatic hydroxyl groups is 2. The Hall–Kier alpha value is -1.66. The molecule has 0 amide bonds. The average molecular weight is 693 g/mol. The second kappa shape index (κ2) is 10.7. The summed E-state index contributed by atoms with van der Waals surface area (Å²) < 4.78 is 214. The fourth-order valence-electron chi connectivity index (χ4n) is 7.94. The fourth-order valence-corrected chi connectivity index (χ4v) is 7.94. The minimum Gasteiger partial charge on any atom is -0.459 e. The molecule has 0 heterocycles. The largest absolute Gasteiger partial charge is 0.459 e. The molecule has 3 aliphatic carbocycles. The molecule has 0 aromatic rings. The molecule has 3 aliphatic rings. The van der Waals surface area contributed by atoms with Crippen LogP contribution in [0.25, 0.3) is 0 Å². The first kappa shape index (κ1) is 37.8. The molecule has 19 heteroatoms. The SMILES string of the molecule is CC1C2CC(C1C)C(C(=O)OC(C)(C)C1CC(C(O)(C(F)(F)F)C(F)(F)F)CC(C(O)(C(F)(F)F)C(F)(F)F)C1)(C(F)(F)F)C2. The summed E-state index contributed by atoms with van der Waals surface area (Å²) in [6.07, 6.45) is -38.8. The zero-order chi connectivity index (χ0) is 35.4. The molecular weight excluding hydrogens is 661 g/mol. The third kappa shape index (κ3) is 5.56. The van der Waals surface area contributed by atoms with Crippen LogP contribution in [-0.4, -0.2) is 63.9 Å². The van der Waals surface area contributed by atoms with Crippen LogP contribution in [0.4, 0.5) is 65.9 Å². The van der Waals surface area contributed by atoms with Crippen LogP contribution in [0.1, 0.15) is 59.8 Å². The summed E-state index contributed by atoms with van der Waals surface area (Å²) in [5.41, 5.74) is -17.8. The van der Waals surface area contributed by atoms with Crippen molar-refractivity contribution in [2.75, 3.05) is 0 Å². The molecule has 3 rings (SSSR count). The highest BCUT2D eigenvalue weighted by Gasteiger charge is 2.79. The third-order valence-corrected chi connectivity index (χ3v) is 10.8. The van der Waals surface area contributed by atoms with Crippen LogP contribution in [0.3, 0.4) is 0 Å². The molecule has 0 saturated heterocycles. The Morgan fingerprint density at radius 3 is 1.27 bits per heavy atom. The maximum Gasteiger partial charge on any atom is 0.426 e. The molecule has 2 N–H and O–H groups in total. The summed E-state index contributed by atoms with van der Waals surface area (Å²) in [6, 6.07) is 0. The first-order valence-corrected chi connectivity index (χ1v) is 13.7. The zero-order valence-corrected chi connectivity index (χ0v) is 24.0. The van der Waals surface area contributed by atoms with Crippen LogP contribution in [-0.2, 0) is 9.53 Å². The van der Waals surface area contributed by atoms with Gasteiger partial charge >= 0.3 is 36.9 Å². The minimum absolute atomic E-state index is 0.0979. The molecule has 2 bridgehead atoms. The van der Waals surface area contributed by atoms with Gasteiger partial charge in [-0.05, 0) is 75.5 Å². The van der Waals surface area contributed by atoms with Gasteiger partial charge in [0.05, 0.1) is 0 Å². The number of ether oxygens (including phenoxy) is 1. The van der Waals surface area contributed by atoms with Gasteiger partial charge in [-0.3, -0.25) is 4.79 Å². The zero-order valence-electron chi connectivity index (χ0n) is 24.0. The van der Waals surface area contributed by atoms with E-state index in [0.717, 1.165) is 0 Å². The Bertz CT molecular complexity index is 1040. The Morgan fingerprint density at radius 1 is 0.622 bits per heavy atom. The summed E-state index contributed by atoms with van der Waals surface area (Å²) in [7, 11) is 0. The van der Waals surface area contributed by atoms with Crippen LogP contribution >= 0.6 is 0 Å². The predicted molar refractivity (Wildman–Crippen MR) is 122 cm³/mol. The van der Waals surface area contributed by atoms with Crippen LogP contribution in [0, 0.1) is 46.8 Å². The maximum atomic E-state index is 14.5.